The molecule has 1 saturated heterocycles. The van der Waals surface area contributed by atoms with Crippen LogP contribution in [-0.2, 0) is 0 Å². The maximum atomic E-state index is 5.75. The van der Waals surface area contributed by atoms with Crippen LogP contribution in [0.1, 0.15) is 23.6 Å². The average molecular weight is 337 g/mol. The minimum atomic E-state index is 0.689. The summed E-state index contributed by atoms with van der Waals surface area (Å²) in [7, 11) is 0. The molecule has 2 aliphatic rings. The van der Waals surface area contributed by atoms with Crippen molar-refractivity contribution in [1.82, 2.24) is 15.2 Å². The molecule has 0 radical (unpaired) electrons. The Labute approximate surface area is 150 Å². The zero-order valence-corrected chi connectivity index (χ0v) is 14.9. The molecule has 1 saturated carbocycles. The van der Waals surface area contributed by atoms with Gasteiger partial charge in [0, 0.05) is 43.8 Å². The molecular weight excluding hydrogens is 310 g/mol. The molecule has 2 atom stereocenters. The molecule has 1 N–H and O–H groups in total. The molecule has 1 aliphatic carbocycles. The molecule has 1 aliphatic heterocycles. The van der Waals surface area contributed by atoms with E-state index in [1.54, 1.807) is 6.20 Å². The van der Waals surface area contributed by atoms with Gasteiger partial charge in [-0.25, -0.2) is 0 Å². The van der Waals surface area contributed by atoms with E-state index in [-0.39, 0.29) is 0 Å². The third-order valence-electron chi connectivity index (χ3n) is 5.28. The number of hydrogen-bond acceptors (Lipinski definition) is 4. The first-order valence-electron chi connectivity index (χ1n) is 9.34. The molecule has 4 rings (SSSR count). The first-order valence-corrected chi connectivity index (χ1v) is 9.34. The Kier molecular flexibility index (Phi) is 4.99. The van der Waals surface area contributed by atoms with Crippen molar-refractivity contribution >= 4 is 0 Å². The van der Waals surface area contributed by atoms with Gasteiger partial charge in [-0.1, -0.05) is 30.3 Å². The summed E-state index contributed by atoms with van der Waals surface area (Å²) in [6, 6.07) is 15.5. The smallest absolute Gasteiger partial charge is 0.137 e. The zero-order valence-electron chi connectivity index (χ0n) is 14.9. The summed E-state index contributed by atoms with van der Waals surface area (Å²) in [4.78, 5) is 6.72. The van der Waals surface area contributed by atoms with Crippen molar-refractivity contribution in [2.45, 2.75) is 25.3 Å². The summed E-state index contributed by atoms with van der Waals surface area (Å²) in [6.07, 6.45) is 3.09. The van der Waals surface area contributed by atoms with Gasteiger partial charge < -0.3 is 10.1 Å². The van der Waals surface area contributed by atoms with Gasteiger partial charge in [0.2, 0.25) is 0 Å². The van der Waals surface area contributed by atoms with E-state index in [0.717, 1.165) is 43.0 Å². The van der Waals surface area contributed by atoms with Crippen LogP contribution in [0.2, 0.25) is 0 Å². The van der Waals surface area contributed by atoms with Crippen LogP contribution in [-0.4, -0.2) is 48.7 Å². The van der Waals surface area contributed by atoms with E-state index < -0.39 is 0 Å². The fourth-order valence-electron chi connectivity index (χ4n) is 3.63. The third-order valence-corrected chi connectivity index (χ3v) is 5.28. The lowest BCUT2D eigenvalue weighted by atomic mass is 10.0. The van der Waals surface area contributed by atoms with E-state index in [9.17, 15) is 0 Å². The second-order valence-electron chi connectivity index (χ2n) is 7.38. The van der Waals surface area contributed by atoms with Gasteiger partial charge in [-0.3, -0.25) is 9.88 Å². The van der Waals surface area contributed by atoms with Gasteiger partial charge in [0.15, 0.2) is 0 Å². The number of likely N-dealkylation sites (tertiary alicyclic amines) is 1. The monoisotopic (exact) mass is 337 g/mol. The van der Waals surface area contributed by atoms with Crippen molar-refractivity contribution in [3.05, 3.63) is 59.9 Å². The van der Waals surface area contributed by atoms with E-state index in [2.05, 4.69) is 45.5 Å². The quantitative estimate of drug-likeness (QED) is 0.804. The highest BCUT2D eigenvalue weighted by Crippen LogP contribution is 2.40. The lowest BCUT2D eigenvalue weighted by molar-refractivity contribution is 0.0819. The second-order valence-corrected chi connectivity index (χ2v) is 7.38. The van der Waals surface area contributed by atoms with Crippen LogP contribution >= 0.6 is 0 Å². The molecular formula is C21H27N3O. The van der Waals surface area contributed by atoms with Crippen molar-refractivity contribution in [1.29, 1.82) is 0 Å². The highest BCUT2D eigenvalue weighted by atomic mass is 16.5. The minimum absolute atomic E-state index is 0.689. The Balaban J connectivity index is 1.08. The average Bonchev–Trinajstić information content (AvgIpc) is 3.38. The predicted octanol–water partition coefficient (Wildman–Crippen LogP) is 2.85. The zero-order chi connectivity index (χ0) is 17.1. The lowest BCUT2D eigenvalue weighted by Crippen LogP contribution is -2.52. The number of pyridine rings is 1. The molecule has 2 unspecified atom stereocenters. The van der Waals surface area contributed by atoms with Gasteiger partial charge in [0.1, 0.15) is 12.4 Å². The fraction of sp³-hybridized carbons (Fsp3) is 0.476. The maximum Gasteiger partial charge on any atom is 0.137 e. The largest absolute Gasteiger partial charge is 0.491 e. The van der Waals surface area contributed by atoms with Gasteiger partial charge in [0.25, 0.3) is 0 Å². The molecule has 0 bridgehead atoms. The Morgan fingerprint density at radius 3 is 2.76 bits per heavy atom. The summed E-state index contributed by atoms with van der Waals surface area (Å²) in [5.41, 5.74) is 2.51. The number of ether oxygens (including phenoxy) is 1. The normalized spacial score (nSPS) is 23.2. The lowest BCUT2D eigenvalue weighted by Gasteiger charge is -2.39. The van der Waals surface area contributed by atoms with Crippen LogP contribution in [0.15, 0.2) is 48.7 Å². The Bertz CT molecular complexity index is 667. The number of hydrogen-bond donors (Lipinski definition) is 1. The minimum Gasteiger partial charge on any atom is -0.491 e. The van der Waals surface area contributed by atoms with E-state index in [1.165, 1.54) is 25.1 Å². The Hall–Kier alpha value is -1.91. The molecule has 4 nitrogen and oxygen atoms in total. The van der Waals surface area contributed by atoms with E-state index in [1.807, 2.05) is 19.1 Å². The van der Waals surface area contributed by atoms with E-state index >= 15 is 0 Å². The predicted molar refractivity (Wildman–Crippen MR) is 100.0 cm³/mol. The van der Waals surface area contributed by atoms with Crippen molar-refractivity contribution in [2.24, 2.45) is 5.92 Å². The van der Waals surface area contributed by atoms with Crippen LogP contribution in [0.25, 0.3) is 0 Å². The number of rotatable bonds is 8. The second kappa shape index (κ2) is 7.54. The van der Waals surface area contributed by atoms with Crippen LogP contribution < -0.4 is 10.1 Å². The molecule has 4 heteroatoms. The maximum absolute atomic E-state index is 5.75. The summed E-state index contributed by atoms with van der Waals surface area (Å²) in [5.74, 6) is 2.39. The number of nitrogens with zero attached hydrogens (tertiary/aromatic N) is 2. The molecule has 1 aromatic heterocycles. The molecule has 25 heavy (non-hydrogen) atoms. The summed E-state index contributed by atoms with van der Waals surface area (Å²) < 4.78 is 5.75. The summed E-state index contributed by atoms with van der Waals surface area (Å²) >= 11 is 0. The summed E-state index contributed by atoms with van der Waals surface area (Å²) in [5, 5.41) is 3.75. The van der Waals surface area contributed by atoms with Crippen molar-refractivity contribution in [2.75, 3.05) is 32.8 Å². The van der Waals surface area contributed by atoms with Crippen LogP contribution in [0.5, 0.6) is 5.75 Å². The van der Waals surface area contributed by atoms with Gasteiger partial charge in [-0.2, -0.15) is 0 Å². The number of benzene rings is 1. The standard InChI is InChI=1S/C21H27N3O/c1-16-7-8-19(13-22-16)25-10-9-24-14-17(15-24)12-23-21-11-20(21)18-5-3-2-4-6-18/h2-8,13,17,20-21,23H,9-12,14-15H2,1H3. The summed E-state index contributed by atoms with van der Waals surface area (Å²) in [6.45, 7) is 7.25. The molecule has 132 valence electrons. The molecule has 2 fully saturated rings. The fourth-order valence-corrected chi connectivity index (χ4v) is 3.63. The van der Waals surface area contributed by atoms with Crippen molar-refractivity contribution in [3.8, 4) is 5.75 Å². The Morgan fingerprint density at radius 1 is 1.16 bits per heavy atom. The van der Waals surface area contributed by atoms with Crippen LogP contribution in [0, 0.1) is 12.8 Å². The van der Waals surface area contributed by atoms with Gasteiger partial charge in [-0.15, -0.1) is 0 Å². The molecule has 2 heterocycles. The van der Waals surface area contributed by atoms with E-state index in [0.29, 0.717) is 6.04 Å². The van der Waals surface area contributed by atoms with Crippen LogP contribution in [0.3, 0.4) is 0 Å². The third kappa shape index (κ3) is 4.39. The van der Waals surface area contributed by atoms with E-state index in [4.69, 9.17) is 4.74 Å². The first kappa shape index (κ1) is 16.6. The Morgan fingerprint density at radius 2 is 2.00 bits per heavy atom. The molecule has 2 aromatic rings. The highest BCUT2D eigenvalue weighted by molar-refractivity contribution is 5.27. The molecule has 0 spiro atoms. The number of aryl methyl sites for hydroxylation is 1. The first-order chi connectivity index (χ1) is 12.3. The topological polar surface area (TPSA) is 37.4 Å². The van der Waals surface area contributed by atoms with Gasteiger partial charge >= 0.3 is 0 Å². The van der Waals surface area contributed by atoms with Gasteiger partial charge in [-0.05, 0) is 37.0 Å². The molecule has 0 amide bonds. The van der Waals surface area contributed by atoms with Crippen LogP contribution in [0.4, 0.5) is 0 Å². The highest BCUT2D eigenvalue weighted by Gasteiger charge is 2.38. The van der Waals surface area contributed by atoms with Crippen molar-refractivity contribution < 1.29 is 4.74 Å². The number of aromatic nitrogens is 1. The number of nitrogens with one attached hydrogen (secondary N) is 1. The van der Waals surface area contributed by atoms with Crippen molar-refractivity contribution in [3.63, 3.8) is 0 Å². The van der Waals surface area contributed by atoms with Gasteiger partial charge in [0.05, 0.1) is 6.20 Å². The SMILES string of the molecule is Cc1ccc(OCCN2CC(CNC3CC3c3ccccc3)C2)cn1. The molecule has 1 aromatic carbocycles.